The van der Waals surface area contributed by atoms with E-state index in [2.05, 4.69) is 23.1 Å². The lowest BCUT2D eigenvalue weighted by Crippen LogP contribution is -2.36. The largest absolute Gasteiger partial charge is 0.383 e. The lowest BCUT2D eigenvalue weighted by Gasteiger charge is -2.29. The van der Waals surface area contributed by atoms with E-state index >= 15 is 0 Å². The summed E-state index contributed by atoms with van der Waals surface area (Å²) in [6, 6.07) is 6.39. The summed E-state index contributed by atoms with van der Waals surface area (Å²) in [5, 5.41) is 0. The zero-order valence-electron chi connectivity index (χ0n) is 12.3. The second-order valence-electron chi connectivity index (χ2n) is 4.89. The minimum atomic E-state index is 0.400. The van der Waals surface area contributed by atoms with Gasteiger partial charge in [0, 0.05) is 25.9 Å². The minimum Gasteiger partial charge on any atom is -0.383 e. The summed E-state index contributed by atoms with van der Waals surface area (Å²) >= 11 is 6.16. The quantitative estimate of drug-likeness (QED) is 0.734. The lowest BCUT2D eigenvalue weighted by molar-refractivity contribution is 0.203. The van der Waals surface area contributed by atoms with Gasteiger partial charge in [0.25, 0.3) is 0 Å². The highest BCUT2D eigenvalue weighted by atomic mass is 35.5. The molecule has 110 valence electrons. The molecule has 0 spiro atoms. The van der Waals surface area contributed by atoms with Gasteiger partial charge < -0.3 is 14.0 Å². The fraction of sp³-hybridized carbons (Fsp3) is 0.533. The van der Waals surface area contributed by atoms with E-state index < -0.39 is 0 Å². The second-order valence-corrected chi connectivity index (χ2v) is 5.16. The number of methoxy groups -OCH3 is 1. The molecule has 0 saturated carbocycles. The van der Waals surface area contributed by atoms with Crippen molar-refractivity contribution in [2.45, 2.75) is 32.2 Å². The Morgan fingerprint density at radius 2 is 2.25 bits per heavy atom. The Labute approximate surface area is 125 Å². The van der Waals surface area contributed by atoms with Gasteiger partial charge in [0.05, 0.1) is 18.2 Å². The molecule has 2 rings (SSSR count). The smallest absolute Gasteiger partial charge is 0.152 e. The molecule has 20 heavy (non-hydrogen) atoms. The minimum absolute atomic E-state index is 0.400. The molecule has 0 aliphatic heterocycles. The molecular weight excluding hydrogens is 274 g/mol. The van der Waals surface area contributed by atoms with Crippen molar-refractivity contribution >= 4 is 23.1 Å². The van der Waals surface area contributed by atoms with Crippen molar-refractivity contribution in [1.29, 1.82) is 0 Å². The molecule has 1 atom stereocenters. The van der Waals surface area contributed by atoms with Crippen LogP contribution in [0.15, 0.2) is 24.4 Å². The van der Waals surface area contributed by atoms with Crippen LogP contribution in [0.1, 0.15) is 26.0 Å². The van der Waals surface area contributed by atoms with Crippen molar-refractivity contribution in [2.24, 2.45) is 0 Å². The predicted octanol–water partition coefficient (Wildman–Crippen LogP) is 3.32. The van der Waals surface area contributed by atoms with Crippen molar-refractivity contribution in [3.8, 4) is 0 Å². The van der Waals surface area contributed by atoms with Crippen LogP contribution in [0.5, 0.6) is 0 Å². The molecule has 0 aliphatic carbocycles. The average molecular weight is 296 g/mol. The average Bonchev–Trinajstić information content (AvgIpc) is 2.85. The fourth-order valence-electron chi connectivity index (χ4n) is 2.33. The molecule has 0 aromatic carbocycles. The fourth-order valence-corrected chi connectivity index (χ4v) is 2.58. The summed E-state index contributed by atoms with van der Waals surface area (Å²) < 4.78 is 7.29. The third kappa shape index (κ3) is 2.91. The normalized spacial score (nSPS) is 12.8. The number of halogens is 1. The Hall–Kier alpha value is -1.26. The molecule has 0 aliphatic rings. The molecule has 5 heteroatoms. The number of nitrogens with zero attached hydrogens (tertiary/aromatic N) is 3. The lowest BCUT2D eigenvalue weighted by atomic mass is 10.2. The zero-order chi connectivity index (χ0) is 14.5. The van der Waals surface area contributed by atoms with Crippen LogP contribution in [0, 0.1) is 0 Å². The van der Waals surface area contributed by atoms with Gasteiger partial charge in [-0.1, -0.05) is 13.0 Å². The predicted molar refractivity (Wildman–Crippen MR) is 83.7 cm³/mol. The van der Waals surface area contributed by atoms with Crippen LogP contribution in [-0.2, 0) is 10.6 Å². The molecule has 0 radical (unpaired) electrons. The van der Waals surface area contributed by atoms with Gasteiger partial charge in [-0.2, -0.15) is 0 Å². The molecule has 2 aromatic heterocycles. The van der Waals surface area contributed by atoms with Gasteiger partial charge in [-0.15, -0.1) is 11.6 Å². The molecule has 0 N–H and O–H groups in total. The molecule has 4 nitrogen and oxygen atoms in total. The Balaban J connectivity index is 2.45. The summed E-state index contributed by atoms with van der Waals surface area (Å²) in [5.74, 6) is 1.41. The summed E-state index contributed by atoms with van der Waals surface area (Å²) in [6.07, 6.45) is 3.06. The van der Waals surface area contributed by atoms with Gasteiger partial charge in [0.2, 0.25) is 0 Å². The number of rotatable bonds is 7. The highest BCUT2D eigenvalue weighted by Crippen LogP contribution is 2.25. The van der Waals surface area contributed by atoms with E-state index in [-0.39, 0.29) is 0 Å². The molecule has 0 saturated heterocycles. The first-order valence-electron chi connectivity index (χ1n) is 7.00. The maximum absolute atomic E-state index is 6.16. The molecule has 0 bridgehead atoms. The Bertz CT molecular complexity index is 555. The Morgan fingerprint density at radius 3 is 2.90 bits per heavy atom. The van der Waals surface area contributed by atoms with Crippen LogP contribution < -0.4 is 4.90 Å². The van der Waals surface area contributed by atoms with Crippen molar-refractivity contribution in [3.63, 3.8) is 0 Å². The standard InChI is InChI=1S/C15H22ClN3O/c1-4-12(2)18(9-10-20-3)15-13(11-16)19-8-6-5-7-14(19)17-15/h5-8,12H,4,9-11H2,1-3H3. The van der Waals surface area contributed by atoms with E-state index in [9.17, 15) is 0 Å². The third-order valence-corrected chi connectivity index (χ3v) is 3.92. The van der Waals surface area contributed by atoms with Crippen LogP contribution in [0.4, 0.5) is 5.82 Å². The summed E-state index contributed by atoms with van der Waals surface area (Å²) in [4.78, 5) is 7.04. The first kappa shape index (κ1) is 15.1. The van der Waals surface area contributed by atoms with E-state index in [0.717, 1.165) is 30.1 Å². The summed E-state index contributed by atoms with van der Waals surface area (Å²) in [7, 11) is 1.72. The zero-order valence-corrected chi connectivity index (χ0v) is 13.1. The number of fused-ring (bicyclic) bond motifs is 1. The Morgan fingerprint density at radius 1 is 1.45 bits per heavy atom. The van der Waals surface area contributed by atoms with Crippen molar-refractivity contribution in [2.75, 3.05) is 25.2 Å². The maximum Gasteiger partial charge on any atom is 0.152 e. The van der Waals surface area contributed by atoms with Crippen LogP contribution in [0.25, 0.3) is 5.65 Å². The summed E-state index contributed by atoms with van der Waals surface area (Å²) in [6.45, 7) is 5.89. The number of alkyl halides is 1. The molecule has 0 fully saturated rings. The number of hydrogen-bond donors (Lipinski definition) is 0. The highest BCUT2D eigenvalue weighted by Gasteiger charge is 2.20. The van der Waals surface area contributed by atoms with E-state index in [4.69, 9.17) is 21.3 Å². The van der Waals surface area contributed by atoms with Gasteiger partial charge in [-0.05, 0) is 25.5 Å². The number of anilines is 1. The van der Waals surface area contributed by atoms with Gasteiger partial charge in [0.1, 0.15) is 5.65 Å². The molecule has 2 heterocycles. The highest BCUT2D eigenvalue weighted by molar-refractivity contribution is 6.17. The van der Waals surface area contributed by atoms with Gasteiger partial charge >= 0.3 is 0 Å². The first-order valence-corrected chi connectivity index (χ1v) is 7.53. The van der Waals surface area contributed by atoms with Crippen LogP contribution in [0.2, 0.25) is 0 Å². The van der Waals surface area contributed by atoms with Gasteiger partial charge in [0.15, 0.2) is 5.82 Å². The van der Waals surface area contributed by atoms with Gasteiger partial charge in [-0.25, -0.2) is 4.98 Å². The number of hydrogen-bond acceptors (Lipinski definition) is 3. The molecule has 1 unspecified atom stereocenters. The van der Waals surface area contributed by atoms with Gasteiger partial charge in [-0.3, -0.25) is 0 Å². The van der Waals surface area contributed by atoms with E-state index in [1.807, 2.05) is 24.4 Å². The van der Waals surface area contributed by atoms with Crippen molar-refractivity contribution in [1.82, 2.24) is 9.38 Å². The molecule has 0 amide bonds. The van der Waals surface area contributed by atoms with E-state index in [0.29, 0.717) is 18.5 Å². The molecule has 2 aromatic rings. The number of imidazole rings is 1. The Kier molecular flexibility index (Phi) is 5.26. The van der Waals surface area contributed by atoms with Crippen molar-refractivity contribution < 1.29 is 4.74 Å². The SMILES string of the molecule is CCC(C)N(CCOC)c1nc2ccccn2c1CCl. The monoisotopic (exact) mass is 295 g/mol. The summed E-state index contributed by atoms with van der Waals surface area (Å²) in [5.41, 5.74) is 1.97. The van der Waals surface area contributed by atoms with E-state index in [1.165, 1.54) is 0 Å². The first-order chi connectivity index (χ1) is 9.72. The van der Waals surface area contributed by atoms with Crippen LogP contribution in [0.3, 0.4) is 0 Å². The van der Waals surface area contributed by atoms with E-state index in [1.54, 1.807) is 7.11 Å². The number of ether oxygens (including phenoxy) is 1. The topological polar surface area (TPSA) is 29.8 Å². The third-order valence-electron chi connectivity index (χ3n) is 3.67. The number of aromatic nitrogens is 2. The second kappa shape index (κ2) is 6.95. The number of pyridine rings is 1. The van der Waals surface area contributed by atoms with Crippen molar-refractivity contribution in [3.05, 3.63) is 30.1 Å². The molecular formula is C15H22ClN3O. The van der Waals surface area contributed by atoms with Crippen LogP contribution >= 0.6 is 11.6 Å². The maximum atomic E-state index is 6.16. The van der Waals surface area contributed by atoms with Crippen LogP contribution in [-0.4, -0.2) is 35.7 Å².